The van der Waals surface area contributed by atoms with Gasteiger partial charge < -0.3 is 5.32 Å². The van der Waals surface area contributed by atoms with Gasteiger partial charge in [-0.1, -0.05) is 42.4 Å². The lowest BCUT2D eigenvalue weighted by Gasteiger charge is -2.04. The maximum atomic E-state index is 5.66. The highest BCUT2D eigenvalue weighted by molar-refractivity contribution is 6.29. The third-order valence-corrected chi connectivity index (χ3v) is 2.81. The fourth-order valence-corrected chi connectivity index (χ4v) is 1.76. The summed E-state index contributed by atoms with van der Waals surface area (Å²) in [6.07, 6.45) is 2.73. The van der Waals surface area contributed by atoms with Crippen LogP contribution in [0.25, 0.3) is 0 Å². The Morgan fingerprint density at radius 3 is 2.53 bits per heavy atom. The van der Waals surface area contributed by atoms with E-state index in [-0.39, 0.29) is 0 Å². The zero-order chi connectivity index (χ0) is 10.7. The molecule has 1 N–H and O–H groups in total. The van der Waals surface area contributed by atoms with E-state index in [9.17, 15) is 0 Å². The molecule has 80 valence electrons. The van der Waals surface area contributed by atoms with Gasteiger partial charge in [0.25, 0.3) is 0 Å². The van der Waals surface area contributed by atoms with Crippen molar-refractivity contribution in [2.75, 3.05) is 6.54 Å². The lowest BCUT2D eigenvalue weighted by atomic mass is 10.1. The third kappa shape index (κ3) is 3.37. The van der Waals surface area contributed by atoms with Gasteiger partial charge in [0.15, 0.2) is 0 Å². The average Bonchev–Trinajstić information content (AvgIpc) is 3.02. The molecule has 1 aromatic carbocycles. The van der Waals surface area contributed by atoms with Gasteiger partial charge in [-0.15, -0.1) is 0 Å². The Balaban J connectivity index is 1.83. The summed E-state index contributed by atoms with van der Waals surface area (Å²) in [6, 6.07) is 8.86. The quantitative estimate of drug-likeness (QED) is 0.804. The number of halogens is 1. The normalized spacial score (nSPS) is 15.3. The van der Waals surface area contributed by atoms with Crippen LogP contribution in [0.4, 0.5) is 0 Å². The summed E-state index contributed by atoms with van der Waals surface area (Å²) in [6.45, 7) is 5.17. The summed E-state index contributed by atoms with van der Waals surface area (Å²) in [5.74, 6) is 0.842. The van der Waals surface area contributed by atoms with Crippen molar-refractivity contribution in [3.05, 3.63) is 47.0 Å². The van der Waals surface area contributed by atoms with Crippen molar-refractivity contribution in [3.63, 3.8) is 0 Å². The van der Waals surface area contributed by atoms with Gasteiger partial charge in [-0.2, -0.15) is 0 Å². The maximum absolute atomic E-state index is 5.66. The summed E-state index contributed by atoms with van der Waals surface area (Å²) in [7, 11) is 0. The van der Waals surface area contributed by atoms with E-state index in [0.29, 0.717) is 11.6 Å². The topological polar surface area (TPSA) is 12.0 Å². The minimum Gasteiger partial charge on any atom is -0.308 e. The highest BCUT2D eigenvalue weighted by Crippen LogP contribution is 2.39. The van der Waals surface area contributed by atoms with Crippen LogP contribution < -0.4 is 5.32 Å². The predicted octanol–water partition coefficient (Wildman–Crippen LogP) is 3.41. The van der Waals surface area contributed by atoms with E-state index in [4.69, 9.17) is 11.6 Å². The molecule has 15 heavy (non-hydrogen) atoms. The summed E-state index contributed by atoms with van der Waals surface area (Å²) >= 11 is 5.66. The van der Waals surface area contributed by atoms with Crippen LogP contribution in [0.3, 0.4) is 0 Å². The monoisotopic (exact) mass is 221 g/mol. The van der Waals surface area contributed by atoms with Gasteiger partial charge in [-0.25, -0.2) is 0 Å². The summed E-state index contributed by atoms with van der Waals surface area (Å²) in [5, 5.41) is 3.89. The molecule has 1 aromatic rings. The number of hydrogen-bond acceptors (Lipinski definition) is 1. The van der Waals surface area contributed by atoms with E-state index in [0.717, 1.165) is 12.5 Å². The molecule has 0 saturated heterocycles. The van der Waals surface area contributed by atoms with Crippen LogP contribution >= 0.6 is 11.6 Å². The van der Waals surface area contributed by atoms with E-state index in [1.807, 2.05) is 0 Å². The smallest absolute Gasteiger partial charge is 0.0310 e. The van der Waals surface area contributed by atoms with E-state index in [2.05, 4.69) is 36.2 Å². The molecule has 0 aromatic heterocycles. The Bertz CT molecular complexity index is 338. The van der Waals surface area contributed by atoms with Crippen molar-refractivity contribution >= 4 is 11.6 Å². The number of rotatable bonds is 5. The fourth-order valence-electron chi connectivity index (χ4n) is 1.67. The number of hydrogen-bond donors (Lipinski definition) is 1. The molecule has 0 spiro atoms. The molecule has 0 bridgehead atoms. The molecule has 2 heteroatoms. The molecule has 0 aliphatic heterocycles. The van der Waals surface area contributed by atoms with Crippen LogP contribution in [0.2, 0.25) is 0 Å². The predicted molar refractivity (Wildman–Crippen MR) is 65.1 cm³/mol. The average molecular weight is 222 g/mol. The molecule has 0 unspecified atom stereocenters. The molecular weight excluding hydrogens is 206 g/mol. The second-order valence-corrected chi connectivity index (χ2v) is 4.67. The third-order valence-electron chi connectivity index (χ3n) is 2.67. The minimum absolute atomic E-state index is 0.657. The van der Waals surface area contributed by atoms with Gasteiger partial charge in [0.2, 0.25) is 0 Å². The van der Waals surface area contributed by atoms with Gasteiger partial charge in [-0.05, 0) is 29.9 Å². The zero-order valence-corrected chi connectivity index (χ0v) is 9.56. The second kappa shape index (κ2) is 4.82. The fraction of sp³-hybridized carbons (Fsp3) is 0.385. The molecule has 1 nitrogen and oxygen atoms in total. The molecule has 0 radical (unpaired) electrons. The first kappa shape index (κ1) is 10.7. The Labute approximate surface area is 96.1 Å². The lowest BCUT2D eigenvalue weighted by Crippen LogP contribution is -2.14. The first-order chi connectivity index (χ1) is 7.25. The Morgan fingerprint density at radius 2 is 2.00 bits per heavy atom. The highest BCUT2D eigenvalue weighted by Gasteiger charge is 2.22. The maximum Gasteiger partial charge on any atom is 0.0310 e. The van der Waals surface area contributed by atoms with Crippen LogP contribution in [0.15, 0.2) is 35.9 Å². The Kier molecular flexibility index (Phi) is 3.45. The van der Waals surface area contributed by atoms with E-state index in [1.165, 1.54) is 24.0 Å². The number of nitrogens with one attached hydrogen (secondary N) is 1. The molecule has 1 aliphatic carbocycles. The summed E-state index contributed by atoms with van der Waals surface area (Å²) in [4.78, 5) is 0. The molecule has 0 heterocycles. The molecular formula is C13H16ClN. The van der Waals surface area contributed by atoms with Crippen molar-refractivity contribution in [2.24, 2.45) is 0 Å². The van der Waals surface area contributed by atoms with Crippen LogP contribution in [-0.4, -0.2) is 6.54 Å². The largest absolute Gasteiger partial charge is 0.308 e. The van der Waals surface area contributed by atoms with Crippen molar-refractivity contribution in [1.82, 2.24) is 5.32 Å². The van der Waals surface area contributed by atoms with Crippen LogP contribution in [-0.2, 0) is 6.54 Å². The SMILES string of the molecule is C=C(Cl)CNCc1ccc(C2CC2)cc1. The molecule has 0 atom stereocenters. The van der Waals surface area contributed by atoms with Gasteiger partial charge in [0.05, 0.1) is 0 Å². The van der Waals surface area contributed by atoms with Crippen LogP contribution in [0.1, 0.15) is 29.9 Å². The van der Waals surface area contributed by atoms with Crippen LogP contribution in [0, 0.1) is 0 Å². The van der Waals surface area contributed by atoms with Crippen LogP contribution in [0.5, 0.6) is 0 Å². The van der Waals surface area contributed by atoms with Crippen molar-refractivity contribution in [3.8, 4) is 0 Å². The van der Waals surface area contributed by atoms with E-state index < -0.39 is 0 Å². The highest BCUT2D eigenvalue weighted by atomic mass is 35.5. The van der Waals surface area contributed by atoms with Gasteiger partial charge >= 0.3 is 0 Å². The van der Waals surface area contributed by atoms with Crippen molar-refractivity contribution < 1.29 is 0 Å². The zero-order valence-electron chi connectivity index (χ0n) is 8.80. The van der Waals surface area contributed by atoms with E-state index in [1.54, 1.807) is 0 Å². The summed E-state index contributed by atoms with van der Waals surface area (Å²) < 4.78 is 0. The van der Waals surface area contributed by atoms with Gasteiger partial charge in [0, 0.05) is 18.1 Å². The minimum atomic E-state index is 0.657. The first-order valence-corrected chi connectivity index (χ1v) is 5.76. The number of benzene rings is 1. The molecule has 1 fully saturated rings. The molecule has 0 amide bonds. The summed E-state index contributed by atoms with van der Waals surface area (Å²) in [5.41, 5.74) is 2.79. The standard InChI is InChI=1S/C13H16ClN/c1-10(14)8-15-9-11-2-4-12(5-3-11)13-6-7-13/h2-5,13,15H,1,6-9H2. The van der Waals surface area contributed by atoms with Gasteiger partial charge in [0.1, 0.15) is 0 Å². The molecule has 2 rings (SSSR count). The Morgan fingerprint density at radius 1 is 1.33 bits per heavy atom. The molecule has 1 saturated carbocycles. The second-order valence-electron chi connectivity index (χ2n) is 4.14. The lowest BCUT2D eigenvalue weighted by molar-refractivity contribution is 0.754. The first-order valence-electron chi connectivity index (χ1n) is 5.38. The Hall–Kier alpha value is -0.790. The van der Waals surface area contributed by atoms with Crippen molar-refractivity contribution in [2.45, 2.75) is 25.3 Å². The van der Waals surface area contributed by atoms with Crippen molar-refractivity contribution in [1.29, 1.82) is 0 Å². The molecule has 1 aliphatic rings. The van der Waals surface area contributed by atoms with E-state index >= 15 is 0 Å². The van der Waals surface area contributed by atoms with Gasteiger partial charge in [-0.3, -0.25) is 0 Å².